The first-order valence-corrected chi connectivity index (χ1v) is 5.56. The molecule has 3 N–H and O–H groups in total. The van der Waals surface area contributed by atoms with Crippen LogP contribution in [0.15, 0.2) is 30.9 Å². The Labute approximate surface area is 109 Å². The van der Waals surface area contributed by atoms with E-state index in [1.807, 2.05) is 0 Å². The van der Waals surface area contributed by atoms with Gasteiger partial charge >= 0.3 is 5.97 Å². The number of benzene rings is 1. The van der Waals surface area contributed by atoms with Gasteiger partial charge in [-0.1, -0.05) is 17.7 Å². The fourth-order valence-electron chi connectivity index (χ4n) is 1.29. The molecule has 1 aromatic rings. The topological polar surface area (TPSA) is 78.4 Å². The van der Waals surface area contributed by atoms with Crippen LogP contribution in [0.3, 0.4) is 0 Å². The first kappa shape index (κ1) is 14.2. The number of aromatic carboxylic acids is 1. The smallest absolute Gasteiger partial charge is 0.337 e. The van der Waals surface area contributed by atoms with Crippen molar-refractivity contribution in [3.63, 3.8) is 0 Å². The molecule has 0 atom stereocenters. The second kappa shape index (κ2) is 6.78. The Kier molecular flexibility index (Phi) is 5.35. The van der Waals surface area contributed by atoms with Gasteiger partial charge in [0, 0.05) is 11.6 Å². The van der Waals surface area contributed by atoms with E-state index in [-0.39, 0.29) is 23.7 Å². The number of carbonyl (C=O) groups excluding carboxylic acids is 1. The standard InChI is InChI=1S/C12H13ClN2O3/c1-2-5-14-7-11(16)15-10-6-8(13)3-4-9(10)12(17)18/h2-4,6,14H,1,5,7H2,(H,15,16)(H,17,18). The fourth-order valence-corrected chi connectivity index (χ4v) is 1.46. The normalized spacial score (nSPS) is 9.83. The Morgan fingerprint density at radius 1 is 1.44 bits per heavy atom. The molecule has 0 spiro atoms. The molecular formula is C12H13ClN2O3. The first-order chi connectivity index (χ1) is 8.54. The summed E-state index contributed by atoms with van der Waals surface area (Å²) in [6, 6.07) is 4.20. The summed E-state index contributed by atoms with van der Waals surface area (Å²) in [4.78, 5) is 22.5. The maximum absolute atomic E-state index is 11.5. The van der Waals surface area contributed by atoms with Crippen LogP contribution in [0.25, 0.3) is 0 Å². The third-order valence-corrected chi connectivity index (χ3v) is 2.30. The average Bonchev–Trinajstić information content (AvgIpc) is 2.29. The van der Waals surface area contributed by atoms with Gasteiger partial charge in [-0.05, 0) is 18.2 Å². The zero-order chi connectivity index (χ0) is 13.5. The van der Waals surface area contributed by atoms with E-state index >= 15 is 0 Å². The highest BCUT2D eigenvalue weighted by Crippen LogP contribution is 2.20. The van der Waals surface area contributed by atoms with Crippen LogP contribution in [-0.4, -0.2) is 30.1 Å². The second-order valence-corrected chi connectivity index (χ2v) is 3.90. The van der Waals surface area contributed by atoms with Gasteiger partial charge in [0.25, 0.3) is 0 Å². The van der Waals surface area contributed by atoms with Gasteiger partial charge in [-0.2, -0.15) is 0 Å². The highest BCUT2D eigenvalue weighted by Gasteiger charge is 2.12. The third kappa shape index (κ3) is 4.20. The van der Waals surface area contributed by atoms with E-state index in [1.54, 1.807) is 6.08 Å². The first-order valence-electron chi connectivity index (χ1n) is 5.19. The van der Waals surface area contributed by atoms with E-state index in [4.69, 9.17) is 16.7 Å². The summed E-state index contributed by atoms with van der Waals surface area (Å²) in [6.45, 7) is 4.06. The molecule has 6 heteroatoms. The predicted molar refractivity (Wildman–Crippen MR) is 70.1 cm³/mol. The molecule has 0 fully saturated rings. The van der Waals surface area contributed by atoms with Crippen molar-refractivity contribution in [2.75, 3.05) is 18.4 Å². The van der Waals surface area contributed by atoms with Gasteiger partial charge in [0.2, 0.25) is 5.91 Å². The zero-order valence-electron chi connectivity index (χ0n) is 9.57. The summed E-state index contributed by atoms with van der Waals surface area (Å²) in [5.74, 6) is -1.47. The lowest BCUT2D eigenvalue weighted by Crippen LogP contribution is -2.28. The Bertz CT molecular complexity index is 474. The van der Waals surface area contributed by atoms with Gasteiger partial charge in [-0.25, -0.2) is 4.79 Å². The van der Waals surface area contributed by atoms with E-state index in [0.717, 1.165) is 0 Å². The number of nitrogens with one attached hydrogen (secondary N) is 2. The lowest BCUT2D eigenvalue weighted by Gasteiger charge is -2.09. The van der Waals surface area contributed by atoms with Crippen LogP contribution in [0.2, 0.25) is 5.02 Å². The minimum atomic E-state index is -1.12. The van der Waals surface area contributed by atoms with Crippen LogP contribution in [-0.2, 0) is 4.79 Å². The van der Waals surface area contributed by atoms with E-state index in [2.05, 4.69) is 17.2 Å². The lowest BCUT2D eigenvalue weighted by molar-refractivity contribution is -0.115. The molecule has 0 aliphatic carbocycles. The van der Waals surface area contributed by atoms with E-state index in [1.165, 1.54) is 18.2 Å². The molecule has 18 heavy (non-hydrogen) atoms. The van der Waals surface area contributed by atoms with Crippen LogP contribution in [0.1, 0.15) is 10.4 Å². The largest absolute Gasteiger partial charge is 0.478 e. The molecule has 1 aromatic carbocycles. The van der Waals surface area contributed by atoms with Gasteiger partial charge in [-0.3, -0.25) is 4.79 Å². The van der Waals surface area contributed by atoms with Crippen molar-refractivity contribution in [1.29, 1.82) is 0 Å². The number of hydrogen-bond acceptors (Lipinski definition) is 3. The highest BCUT2D eigenvalue weighted by atomic mass is 35.5. The monoisotopic (exact) mass is 268 g/mol. The minimum absolute atomic E-state index is 0.00327. The summed E-state index contributed by atoms with van der Waals surface area (Å²) in [7, 11) is 0. The van der Waals surface area contributed by atoms with E-state index in [0.29, 0.717) is 11.6 Å². The second-order valence-electron chi connectivity index (χ2n) is 3.46. The van der Waals surface area contributed by atoms with Crippen LogP contribution < -0.4 is 10.6 Å². The van der Waals surface area contributed by atoms with Crippen LogP contribution in [0.4, 0.5) is 5.69 Å². The van der Waals surface area contributed by atoms with Crippen molar-refractivity contribution < 1.29 is 14.7 Å². The Morgan fingerprint density at radius 3 is 2.78 bits per heavy atom. The average molecular weight is 269 g/mol. The molecule has 0 heterocycles. The number of anilines is 1. The Hall–Kier alpha value is -1.85. The van der Waals surface area contributed by atoms with E-state index in [9.17, 15) is 9.59 Å². The van der Waals surface area contributed by atoms with Crippen molar-refractivity contribution in [2.24, 2.45) is 0 Å². The zero-order valence-corrected chi connectivity index (χ0v) is 10.3. The maximum Gasteiger partial charge on any atom is 0.337 e. The molecule has 0 aliphatic rings. The molecule has 0 aromatic heterocycles. The molecule has 0 bridgehead atoms. The summed E-state index contributed by atoms with van der Waals surface area (Å²) in [5.41, 5.74) is 0.178. The SMILES string of the molecule is C=CCNCC(=O)Nc1cc(Cl)ccc1C(=O)O. The number of rotatable bonds is 6. The van der Waals surface area contributed by atoms with Crippen LogP contribution in [0.5, 0.6) is 0 Å². The predicted octanol–water partition coefficient (Wildman–Crippen LogP) is 1.75. The molecular weight excluding hydrogens is 256 g/mol. The molecule has 0 saturated heterocycles. The molecule has 0 saturated carbocycles. The number of carboxylic acids is 1. The van der Waals surface area contributed by atoms with Crippen molar-refractivity contribution in [3.05, 3.63) is 41.4 Å². The van der Waals surface area contributed by atoms with Gasteiger partial charge in [0.15, 0.2) is 0 Å². The third-order valence-electron chi connectivity index (χ3n) is 2.06. The summed E-state index contributed by atoms with van der Waals surface area (Å²) >= 11 is 5.76. The number of hydrogen-bond donors (Lipinski definition) is 3. The molecule has 0 radical (unpaired) electrons. The van der Waals surface area contributed by atoms with Crippen LogP contribution >= 0.6 is 11.6 Å². The van der Waals surface area contributed by atoms with Gasteiger partial charge < -0.3 is 15.7 Å². The number of amides is 1. The van der Waals surface area contributed by atoms with Crippen molar-refractivity contribution >= 4 is 29.2 Å². The van der Waals surface area contributed by atoms with E-state index < -0.39 is 5.97 Å². The minimum Gasteiger partial charge on any atom is -0.478 e. The van der Waals surface area contributed by atoms with Crippen molar-refractivity contribution in [1.82, 2.24) is 5.32 Å². The molecule has 0 aliphatic heterocycles. The fraction of sp³-hybridized carbons (Fsp3) is 0.167. The number of carbonyl (C=O) groups is 2. The Balaban J connectivity index is 2.76. The molecule has 96 valence electrons. The van der Waals surface area contributed by atoms with Gasteiger partial charge in [-0.15, -0.1) is 6.58 Å². The molecule has 5 nitrogen and oxygen atoms in total. The molecule has 1 rings (SSSR count). The molecule has 0 unspecified atom stereocenters. The van der Waals surface area contributed by atoms with Crippen molar-refractivity contribution in [2.45, 2.75) is 0 Å². The summed E-state index contributed by atoms with van der Waals surface area (Å²) < 4.78 is 0. The number of halogens is 1. The lowest BCUT2D eigenvalue weighted by atomic mass is 10.2. The quantitative estimate of drug-likeness (QED) is 0.543. The van der Waals surface area contributed by atoms with Gasteiger partial charge in [0.1, 0.15) is 0 Å². The van der Waals surface area contributed by atoms with Gasteiger partial charge in [0.05, 0.1) is 17.8 Å². The maximum atomic E-state index is 11.5. The van der Waals surface area contributed by atoms with Crippen molar-refractivity contribution in [3.8, 4) is 0 Å². The summed E-state index contributed by atoms with van der Waals surface area (Å²) in [6.07, 6.45) is 1.62. The molecule has 1 amide bonds. The van der Waals surface area contributed by atoms with Crippen LogP contribution in [0, 0.1) is 0 Å². The summed E-state index contributed by atoms with van der Waals surface area (Å²) in [5, 5.41) is 14.6. The Morgan fingerprint density at radius 2 is 2.17 bits per heavy atom. The highest BCUT2D eigenvalue weighted by molar-refractivity contribution is 6.31. The number of carboxylic acid groups (broad SMARTS) is 1.